The Hall–Kier alpha value is -0.370. The zero-order valence-corrected chi connectivity index (χ0v) is 10.7. The quantitative estimate of drug-likeness (QED) is 0.901. The summed E-state index contributed by atoms with van der Waals surface area (Å²) >= 11 is 3.03. The molecule has 0 amide bonds. The fourth-order valence-electron chi connectivity index (χ4n) is 1.06. The van der Waals surface area contributed by atoms with Crippen LogP contribution in [0.4, 0.5) is 0 Å². The van der Waals surface area contributed by atoms with Crippen LogP contribution in [0.15, 0.2) is 26.3 Å². The van der Waals surface area contributed by atoms with Crippen molar-refractivity contribution in [2.24, 2.45) is 0 Å². The van der Waals surface area contributed by atoms with Crippen molar-refractivity contribution in [1.82, 2.24) is 4.31 Å². The van der Waals surface area contributed by atoms with Crippen molar-refractivity contribution in [3.8, 4) is 0 Å². The number of nitrogens with zero attached hydrogens (tertiary/aromatic N) is 1. The van der Waals surface area contributed by atoms with E-state index in [1.54, 1.807) is 0 Å². The molecular formula is C8H12BrNO4S. The lowest BCUT2D eigenvalue weighted by molar-refractivity contribution is 0.170. The summed E-state index contributed by atoms with van der Waals surface area (Å²) in [5.41, 5.74) is 0. The molecule has 0 saturated carbocycles. The molecule has 0 aliphatic rings. The average Bonchev–Trinajstić information content (AvgIpc) is 2.50. The second-order valence-electron chi connectivity index (χ2n) is 3.19. The van der Waals surface area contributed by atoms with E-state index in [1.165, 1.54) is 26.1 Å². The van der Waals surface area contributed by atoms with Crippen molar-refractivity contribution in [2.45, 2.75) is 18.1 Å². The molecule has 0 radical (unpaired) electrons. The molecule has 1 unspecified atom stereocenters. The van der Waals surface area contributed by atoms with E-state index < -0.39 is 16.1 Å². The van der Waals surface area contributed by atoms with Crippen LogP contribution < -0.4 is 0 Å². The highest BCUT2D eigenvalue weighted by molar-refractivity contribution is 9.10. The van der Waals surface area contributed by atoms with Gasteiger partial charge in [-0.05, 0) is 35.0 Å². The third kappa shape index (κ3) is 3.04. The Bertz CT molecular complexity index is 426. The van der Waals surface area contributed by atoms with Gasteiger partial charge < -0.3 is 9.52 Å². The Morgan fingerprint density at radius 2 is 2.20 bits per heavy atom. The van der Waals surface area contributed by atoms with Gasteiger partial charge in [-0.2, -0.15) is 4.31 Å². The first-order valence-electron chi connectivity index (χ1n) is 4.24. The van der Waals surface area contributed by atoms with Crippen molar-refractivity contribution in [3.05, 3.63) is 16.8 Å². The Morgan fingerprint density at radius 1 is 1.60 bits per heavy atom. The second-order valence-corrected chi connectivity index (χ2v) is 5.95. The average molecular weight is 298 g/mol. The molecule has 15 heavy (non-hydrogen) atoms. The van der Waals surface area contributed by atoms with E-state index in [4.69, 9.17) is 9.52 Å². The monoisotopic (exact) mass is 297 g/mol. The first-order valence-corrected chi connectivity index (χ1v) is 6.47. The molecule has 0 aromatic carbocycles. The SMILES string of the molecule is CC(O)CN(C)S(=O)(=O)c1ccc(Br)o1. The van der Waals surface area contributed by atoms with Crippen LogP contribution in [-0.2, 0) is 10.0 Å². The molecule has 0 aliphatic carbocycles. The number of hydrogen-bond donors (Lipinski definition) is 1. The maximum absolute atomic E-state index is 11.8. The highest BCUT2D eigenvalue weighted by Gasteiger charge is 2.25. The smallest absolute Gasteiger partial charge is 0.276 e. The third-order valence-corrected chi connectivity index (χ3v) is 3.86. The summed E-state index contributed by atoms with van der Waals surface area (Å²) < 4.78 is 29.9. The first kappa shape index (κ1) is 12.7. The molecule has 0 fully saturated rings. The molecule has 0 bridgehead atoms. The van der Waals surface area contributed by atoms with Gasteiger partial charge in [0.2, 0.25) is 5.09 Å². The van der Waals surface area contributed by atoms with Crippen LogP contribution in [0.2, 0.25) is 0 Å². The molecular weight excluding hydrogens is 286 g/mol. The minimum atomic E-state index is -3.64. The summed E-state index contributed by atoms with van der Waals surface area (Å²) in [6, 6.07) is 2.86. The Balaban J connectivity index is 2.93. The molecule has 0 spiro atoms. The van der Waals surface area contributed by atoms with Crippen LogP contribution in [0.25, 0.3) is 0 Å². The number of halogens is 1. The van der Waals surface area contributed by atoms with E-state index in [0.717, 1.165) is 4.31 Å². The molecule has 1 heterocycles. The van der Waals surface area contributed by atoms with Gasteiger partial charge in [0.15, 0.2) is 4.67 Å². The lowest BCUT2D eigenvalue weighted by Crippen LogP contribution is -2.32. The summed E-state index contributed by atoms with van der Waals surface area (Å²) in [4.78, 5) is 0. The van der Waals surface area contributed by atoms with Gasteiger partial charge in [-0.25, -0.2) is 8.42 Å². The van der Waals surface area contributed by atoms with Gasteiger partial charge in [0.25, 0.3) is 10.0 Å². The van der Waals surface area contributed by atoms with Crippen molar-refractivity contribution < 1.29 is 17.9 Å². The van der Waals surface area contributed by atoms with Gasteiger partial charge in [0.05, 0.1) is 6.10 Å². The Kier molecular flexibility index (Phi) is 3.93. The van der Waals surface area contributed by atoms with Gasteiger partial charge in [-0.1, -0.05) is 0 Å². The minimum absolute atomic E-state index is 0.0284. The molecule has 7 heteroatoms. The summed E-state index contributed by atoms with van der Waals surface area (Å²) in [6.07, 6.45) is -0.719. The number of aliphatic hydroxyl groups is 1. The number of aliphatic hydroxyl groups excluding tert-OH is 1. The van der Waals surface area contributed by atoms with E-state index in [1.807, 2.05) is 0 Å². The van der Waals surface area contributed by atoms with Gasteiger partial charge >= 0.3 is 0 Å². The van der Waals surface area contributed by atoms with Crippen LogP contribution in [0.5, 0.6) is 0 Å². The third-order valence-electron chi connectivity index (χ3n) is 1.73. The maximum atomic E-state index is 11.8. The van der Waals surface area contributed by atoms with Gasteiger partial charge in [0, 0.05) is 13.6 Å². The van der Waals surface area contributed by atoms with Crippen molar-refractivity contribution in [1.29, 1.82) is 0 Å². The molecule has 1 aromatic heterocycles. The number of rotatable bonds is 4. The van der Waals surface area contributed by atoms with Gasteiger partial charge in [-0.15, -0.1) is 0 Å². The molecule has 86 valence electrons. The molecule has 0 aliphatic heterocycles. The molecule has 1 N–H and O–H groups in total. The largest absolute Gasteiger partial charge is 0.437 e. The van der Waals surface area contributed by atoms with E-state index in [2.05, 4.69) is 15.9 Å². The predicted octanol–water partition coefficient (Wildman–Crippen LogP) is 1.04. The van der Waals surface area contributed by atoms with Gasteiger partial charge in [-0.3, -0.25) is 0 Å². The molecule has 1 atom stereocenters. The summed E-state index contributed by atoms with van der Waals surface area (Å²) in [5, 5.41) is 8.95. The van der Waals surface area contributed by atoms with Crippen molar-refractivity contribution >= 4 is 26.0 Å². The van der Waals surface area contributed by atoms with Crippen LogP contribution in [-0.4, -0.2) is 37.5 Å². The van der Waals surface area contributed by atoms with Gasteiger partial charge in [0.1, 0.15) is 0 Å². The summed E-state index contributed by atoms with van der Waals surface area (Å²) in [7, 11) is -2.25. The topological polar surface area (TPSA) is 70.8 Å². The van der Waals surface area contributed by atoms with E-state index in [9.17, 15) is 8.42 Å². The highest BCUT2D eigenvalue weighted by atomic mass is 79.9. The first-order chi connectivity index (χ1) is 6.84. The molecule has 0 saturated heterocycles. The fraction of sp³-hybridized carbons (Fsp3) is 0.500. The van der Waals surface area contributed by atoms with Crippen molar-refractivity contribution in [3.63, 3.8) is 0 Å². The van der Waals surface area contributed by atoms with Crippen molar-refractivity contribution in [2.75, 3.05) is 13.6 Å². The van der Waals surface area contributed by atoms with Crippen LogP contribution >= 0.6 is 15.9 Å². The predicted molar refractivity (Wildman–Crippen MR) is 57.9 cm³/mol. The maximum Gasteiger partial charge on any atom is 0.276 e. The van der Waals surface area contributed by atoms with Crippen LogP contribution in [0.3, 0.4) is 0 Å². The molecule has 1 aromatic rings. The normalized spacial score (nSPS) is 14.5. The summed E-state index contributed by atoms with van der Waals surface area (Å²) in [5.74, 6) is 0. The lowest BCUT2D eigenvalue weighted by atomic mass is 10.4. The lowest BCUT2D eigenvalue weighted by Gasteiger charge is -2.16. The van der Waals surface area contributed by atoms with E-state index in [-0.39, 0.29) is 11.6 Å². The second kappa shape index (κ2) is 4.65. The van der Waals surface area contributed by atoms with Crippen LogP contribution in [0, 0.1) is 0 Å². The number of sulfonamides is 1. The van der Waals surface area contributed by atoms with Crippen LogP contribution in [0.1, 0.15) is 6.92 Å². The zero-order chi connectivity index (χ0) is 11.6. The number of furan rings is 1. The minimum Gasteiger partial charge on any atom is -0.437 e. The van der Waals surface area contributed by atoms with E-state index >= 15 is 0 Å². The fourth-order valence-corrected chi connectivity index (χ4v) is 2.63. The standard InChI is InChI=1S/C8H12BrNO4S/c1-6(11)5-10(2)15(12,13)8-4-3-7(9)14-8/h3-4,6,11H,5H2,1-2H3. The number of likely N-dealkylation sites (N-methyl/N-ethyl adjacent to an activating group) is 1. The Labute approximate surface area is 96.9 Å². The summed E-state index contributed by atoms with van der Waals surface area (Å²) in [6.45, 7) is 1.55. The number of hydrogen-bond acceptors (Lipinski definition) is 4. The molecule has 5 nitrogen and oxygen atoms in total. The Morgan fingerprint density at radius 3 is 2.60 bits per heavy atom. The molecule has 1 rings (SSSR count). The highest BCUT2D eigenvalue weighted by Crippen LogP contribution is 2.21. The zero-order valence-electron chi connectivity index (χ0n) is 8.34. The van der Waals surface area contributed by atoms with E-state index in [0.29, 0.717) is 4.67 Å².